The normalized spacial score (nSPS) is 14.1. The SMILES string of the molecule is CC/C=C\C/C=C\C/C=C\C/C=C\C/C=C\C/C=C\C/C=C\C/C=C\C/C=C\C/C=C\CCCCCCC(=O)NC(CO)C(O)/C=C/CC/C=C/CC/C=C/CCCCCCCCCCCC. The van der Waals surface area contributed by atoms with Crippen LogP contribution in [0.25, 0.3) is 0 Å². The molecule has 376 valence electrons. The standard InChI is InChI=1S/C63H101NO3/c1-3-5-7-9-11-13-15-17-19-21-23-25-26-27-28-29-30-31-32-33-34-35-36-37-38-39-41-43-45-47-49-51-53-55-57-59-63(67)64-61(60-65)62(66)58-56-54-52-50-48-46-44-42-40-24-22-20-18-16-14-12-10-8-6-4-2/h5,7,11,13,17,19,23,25,27-28,30-31,33-34,36-37,39-42,45,47-48,50,56,58,61-62,65-66H,3-4,6,8-10,12,14-16,18,20-22,24,26,29,32,35,38,43-44,46,49,51-55,57,59-60H2,1-2H3,(H,64,67)/b7-5-,13-11-,19-17-,25-23-,28-27-,31-30-,34-33-,37-36-,41-39-,42-40+,47-45-,50-48+,58-56+. The third kappa shape index (κ3) is 52.8. The molecule has 0 aliphatic carbocycles. The van der Waals surface area contributed by atoms with Gasteiger partial charge in [-0.15, -0.1) is 0 Å². The molecule has 4 nitrogen and oxygen atoms in total. The van der Waals surface area contributed by atoms with Crippen LogP contribution in [0.5, 0.6) is 0 Å². The van der Waals surface area contributed by atoms with Crippen LogP contribution in [-0.4, -0.2) is 34.9 Å². The van der Waals surface area contributed by atoms with E-state index in [1.54, 1.807) is 6.08 Å². The highest BCUT2D eigenvalue weighted by Crippen LogP contribution is 2.12. The second kappa shape index (κ2) is 56.3. The van der Waals surface area contributed by atoms with Crippen LogP contribution in [0.3, 0.4) is 0 Å². The Morgan fingerprint density at radius 2 is 0.672 bits per heavy atom. The molecule has 0 aliphatic heterocycles. The molecule has 0 radical (unpaired) electrons. The zero-order valence-electron chi connectivity index (χ0n) is 43.1. The molecule has 0 aromatic rings. The van der Waals surface area contributed by atoms with E-state index in [0.717, 1.165) is 122 Å². The highest BCUT2D eigenvalue weighted by Gasteiger charge is 2.17. The minimum atomic E-state index is -0.894. The van der Waals surface area contributed by atoms with Crippen molar-refractivity contribution in [1.29, 1.82) is 0 Å². The van der Waals surface area contributed by atoms with Crippen molar-refractivity contribution in [2.45, 2.75) is 225 Å². The van der Waals surface area contributed by atoms with Crippen LogP contribution in [0.2, 0.25) is 0 Å². The summed E-state index contributed by atoms with van der Waals surface area (Å²) in [5.74, 6) is -0.109. The lowest BCUT2D eigenvalue weighted by Gasteiger charge is -2.19. The molecule has 0 heterocycles. The summed E-state index contributed by atoms with van der Waals surface area (Å²) < 4.78 is 0. The van der Waals surface area contributed by atoms with Gasteiger partial charge >= 0.3 is 0 Å². The third-order valence-corrected chi connectivity index (χ3v) is 11.2. The summed E-state index contributed by atoms with van der Waals surface area (Å²) in [6.45, 7) is 4.16. The first-order chi connectivity index (χ1) is 33.2. The predicted molar refractivity (Wildman–Crippen MR) is 298 cm³/mol. The van der Waals surface area contributed by atoms with Crippen molar-refractivity contribution in [2.24, 2.45) is 0 Å². The molecule has 4 heteroatoms. The lowest BCUT2D eigenvalue weighted by atomic mass is 10.1. The van der Waals surface area contributed by atoms with Crippen LogP contribution in [0.1, 0.15) is 213 Å². The Bertz CT molecular complexity index is 1460. The van der Waals surface area contributed by atoms with Crippen molar-refractivity contribution in [3.63, 3.8) is 0 Å². The third-order valence-electron chi connectivity index (χ3n) is 11.2. The van der Waals surface area contributed by atoms with Crippen LogP contribution in [0, 0.1) is 0 Å². The zero-order chi connectivity index (χ0) is 48.5. The van der Waals surface area contributed by atoms with E-state index >= 15 is 0 Å². The lowest BCUT2D eigenvalue weighted by molar-refractivity contribution is -0.123. The van der Waals surface area contributed by atoms with E-state index < -0.39 is 12.1 Å². The molecule has 0 aliphatic rings. The number of carbonyl (C=O) groups is 1. The highest BCUT2D eigenvalue weighted by molar-refractivity contribution is 5.76. The Morgan fingerprint density at radius 3 is 1.04 bits per heavy atom. The smallest absolute Gasteiger partial charge is 0.220 e. The van der Waals surface area contributed by atoms with E-state index in [1.165, 1.54) is 70.6 Å². The molecule has 0 bridgehead atoms. The molecule has 1 amide bonds. The van der Waals surface area contributed by atoms with Crippen molar-refractivity contribution >= 4 is 5.91 Å². The van der Waals surface area contributed by atoms with Gasteiger partial charge in [0.25, 0.3) is 0 Å². The number of amides is 1. The molecule has 0 aromatic heterocycles. The number of rotatable bonds is 47. The number of hydrogen-bond donors (Lipinski definition) is 3. The first-order valence-corrected chi connectivity index (χ1v) is 27.2. The average molecular weight is 921 g/mol. The van der Waals surface area contributed by atoms with Gasteiger partial charge in [0.15, 0.2) is 0 Å². The predicted octanol–water partition coefficient (Wildman–Crippen LogP) is 18.2. The molecule has 0 aromatic carbocycles. The van der Waals surface area contributed by atoms with Gasteiger partial charge < -0.3 is 15.5 Å². The zero-order valence-corrected chi connectivity index (χ0v) is 43.1. The quantitative estimate of drug-likeness (QED) is 0.0421. The summed E-state index contributed by atoms with van der Waals surface area (Å²) in [4.78, 5) is 12.4. The van der Waals surface area contributed by atoms with Gasteiger partial charge in [-0.1, -0.05) is 242 Å². The maximum Gasteiger partial charge on any atom is 0.220 e. The maximum atomic E-state index is 12.4. The summed E-state index contributed by atoms with van der Waals surface area (Å²) in [7, 11) is 0. The molecule has 67 heavy (non-hydrogen) atoms. The van der Waals surface area contributed by atoms with Crippen molar-refractivity contribution in [2.75, 3.05) is 6.61 Å². The average Bonchev–Trinajstić information content (AvgIpc) is 3.33. The molecule has 2 unspecified atom stereocenters. The second-order valence-electron chi connectivity index (χ2n) is 17.5. The van der Waals surface area contributed by atoms with Crippen molar-refractivity contribution in [1.82, 2.24) is 5.32 Å². The van der Waals surface area contributed by atoms with E-state index in [0.29, 0.717) is 6.42 Å². The van der Waals surface area contributed by atoms with E-state index in [4.69, 9.17) is 0 Å². The number of aliphatic hydroxyl groups is 2. The molecule has 0 rings (SSSR count). The van der Waals surface area contributed by atoms with Gasteiger partial charge in [0.05, 0.1) is 18.8 Å². The minimum Gasteiger partial charge on any atom is -0.394 e. The van der Waals surface area contributed by atoms with Crippen molar-refractivity contribution in [3.05, 3.63) is 158 Å². The van der Waals surface area contributed by atoms with Gasteiger partial charge in [-0.25, -0.2) is 0 Å². The Hall–Kier alpha value is -3.99. The Kier molecular flexibility index (Phi) is 53.0. The summed E-state index contributed by atoms with van der Waals surface area (Å²) in [5, 5.41) is 23.1. The Labute approximate surface area is 414 Å². The Morgan fingerprint density at radius 1 is 0.373 bits per heavy atom. The fourth-order valence-electron chi connectivity index (χ4n) is 7.12. The number of aliphatic hydroxyl groups excluding tert-OH is 2. The van der Waals surface area contributed by atoms with Crippen molar-refractivity contribution < 1.29 is 15.0 Å². The molecule has 0 saturated carbocycles. The topological polar surface area (TPSA) is 69.6 Å². The number of unbranched alkanes of at least 4 members (excludes halogenated alkanes) is 16. The van der Waals surface area contributed by atoms with Gasteiger partial charge in [-0.05, 0) is 122 Å². The molecule has 0 fully saturated rings. The fraction of sp³-hybridized carbons (Fsp3) is 0.571. The van der Waals surface area contributed by atoms with Gasteiger partial charge in [0.1, 0.15) is 0 Å². The van der Waals surface area contributed by atoms with Crippen LogP contribution >= 0.6 is 0 Å². The number of hydrogen-bond acceptors (Lipinski definition) is 3. The van der Waals surface area contributed by atoms with E-state index in [9.17, 15) is 15.0 Å². The lowest BCUT2D eigenvalue weighted by Crippen LogP contribution is -2.45. The van der Waals surface area contributed by atoms with Crippen molar-refractivity contribution in [3.8, 4) is 0 Å². The molecular weight excluding hydrogens is 819 g/mol. The Balaban J connectivity index is 3.75. The van der Waals surface area contributed by atoms with Crippen LogP contribution in [-0.2, 0) is 4.79 Å². The number of nitrogens with one attached hydrogen (secondary N) is 1. The molecule has 3 N–H and O–H groups in total. The van der Waals surface area contributed by atoms with Gasteiger partial charge in [0, 0.05) is 6.42 Å². The van der Waals surface area contributed by atoms with E-state index in [2.05, 4.69) is 165 Å². The van der Waals surface area contributed by atoms with E-state index in [-0.39, 0.29) is 12.5 Å². The molecule has 0 saturated heterocycles. The number of allylic oxidation sites excluding steroid dienone is 25. The summed E-state index contributed by atoms with van der Waals surface area (Å²) in [6, 6.07) is -0.672. The van der Waals surface area contributed by atoms with Crippen LogP contribution in [0.15, 0.2) is 158 Å². The largest absolute Gasteiger partial charge is 0.394 e. The number of carbonyl (C=O) groups excluding carboxylic acids is 1. The first-order valence-electron chi connectivity index (χ1n) is 27.2. The summed E-state index contributed by atoms with van der Waals surface area (Å²) in [6.07, 6.45) is 90.9. The van der Waals surface area contributed by atoms with E-state index in [1.807, 2.05) is 6.08 Å². The van der Waals surface area contributed by atoms with Crippen LogP contribution < -0.4 is 5.32 Å². The van der Waals surface area contributed by atoms with Gasteiger partial charge in [-0.3, -0.25) is 4.79 Å². The molecular formula is C63H101NO3. The fourth-order valence-corrected chi connectivity index (χ4v) is 7.12. The summed E-state index contributed by atoms with van der Waals surface area (Å²) in [5.41, 5.74) is 0. The molecule has 0 spiro atoms. The first kappa shape index (κ1) is 63.0. The highest BCUT2D eigenvalue weighted by atomic mass is 16.3. The minimum absolute atomic E-state index is 0.109. The van der Waals surface area contributed by atoms with Crippen LogP contribution in [0.4, 0.5) is 0 Å². The monoisotopic (exact) mass is 920 g/mol. The van der Waals surface area contributed by atoms with Gasteiger partial charge in [0.2, 0.25) is 5.91 Å². The second-order valence-corrected chi connectivity index (χ2v) is 17.5. The van der Waals surface area contributed by atoms with Gasteiger partial charge in [-0.2, -0.15) is 0 Å². The molecule has 2 atom stereocenters. The maximum absolute atomic E-state index is 12.4. The summed E-state index contributed by atoms with van der Waals surface area (Å²) >= 11 is 0.